The Labute approximate surface area is 217 Å². The van der Waals surface area contributed by atoms with Crippen molar-refractivity contribution in [3.63, 3.8) is 0 Å². The maximum Gasteiger partial charge on any atom is 0.130 e. The molecule has 0 N–H and O–H groups in total. The molecule has 0 heterocycles. The number of allylic oxidation sites excluding steroid dienone is 1. The molecule has 0 aliphatic heterocycles. The molecule has 0 aliphatic carbocycles. The van der Waals surface area contributed by atoms with Gasteiger partial charge in [0, 0.05) is 29.5 Å². The van der Waals surface area contributed by atoms with Crippen LogP contribution in [0.2, 0.25) is 0 Å². The normalized spacial score (nSPS) is 12.5. The SMILES string of the molecule is C=C(CCCN(CCC)CC(C)C)Oc1ccc(C(=C)OCC(C)(C)C(C)(C)N(C)C)cc1CC. The molecule has 0 aromatic heterocycles. The third-order valence-electron chi connectivity index (χ3n) is 7.49. The van der Waals surface area contributed by atoms with Crippen LogP contribution in [-0.4, -0.2) is 55.7 Å². The molecule has 0 fully saturated rings. The Morgan fingerprint density at radius 1 is 1.03 bits per heavy atom. The Morgan fingerprint density at radius 3 is 2.23 bits per heavy atom. The van der Waals surface area contributed by atoms with E-state index >= 15 is 0 Å². The summed E-state index contributed by atoms with van der Waals surface area (Å²) in [6.07, 6.45) is 4.00. The van der Waals surface area contributed by atoms with Gasteiger partial charge in [-0.15, -0.1) is 0 Å². The van der Waals surface area contributed by atoms with Gasteiger partial charge in [0.1, 0.15) is 11.5 Å². The molecule has 0 spiro atoms. The fourth-order valence-corrected chi connectivity index (χ4v) is 4.09. The number of aryl methyl sites for hydroxylation is 1. The van der Waals surface area contributed by atoms with Crippen molar-refractivity contribution in [2.45, 2.75) is 86.6 Å². The Balaban J connectivity index is 2.73. The molecule has 0 saturated carbocycles. The molecule has 4 nitrogen and oxygen atoms in total. The van der Waals surface area contributed by atoms with Gasteiger partial charge in [-0.05, 0) is 90.0 Å². The first kappa shape index (κ1) is 31.3. The molecule has 1 aromatic carbocycles. The molecule has 4 heteroatoms. The van der Waals surface area contributed by atoms with Crippen molar-refractivity contribution in [3.05, 3.63) is 48.2 Å². The topological polar surface area (TPSA) is 24.9 Å². The monoisotopic (exact) mass is 486 g/mol. The van der Waals surface area contributed by atoms with Crippen LogP contribution in [0.15, 0.2) is 37.1 Å². The van der Waals surface area contributed by atoms with E-state index < -0.39 is 0 Å². The lowest BCUT2D eigenvalue weighted by atomic mass is 9.74. The lowest BCUT2D eigenvalue weighted by Crippen LogP contribution is -2.52. The maximum absolute atomic E-state index is 6.19. The van der Waals surface area contributed by atoms with Crippen LogP contribution in [0.4, 0.5) is 0 Å². The molecule has 1 rings (SSSR count). The van der Waals surface area contributed by atoms with E-state index in [2.05, 4.69) is 98.5 Å². The van der Waals surface area contributed by atoms with E-state index in [1.807, 2.05) is 12.1 Å². The highest BCUT2D eigenvalue weighted by Gasteiger charge is 2.39. The Morgan fingerprint density at radius 2 is 1.69 bits per heavy atom. The van der Waals surface area contributed by atoms with E-state index in [1.165, 1.54) is 6.42 Å². The fourth-order valence-electron chi connectivity index (χ4n) is 4.09. The summed E-state index contributed by atoms with van der Waals surface area (Å²) in [4.78, 5) is 4.80. The van der Waals surface area contributed by atoms with Crippen LogP contribution >= 0.6 is 0 Å². The minimum atomic E-state index is -0.0459. The molecule has 0 amide bonds. The van der Waals surface area contributed by atoms with Gasteiger partial charge in [0.2, 0.25) is 0 Å². The zero-order chi connectivity index (χ0) is 26.8. The molecule has 0 saturated heterocycles. The van der Waals surface area contributed by atoms with Crippen LogP contribution in [0, 0.1) is 11.3 Å². The third kappa shape index (κ3) is 9.65. The smallest absolute Gasteiger partial charge is 0.130 e. The summed E-state index contributed by atoms with van der Waals surface area (Å²) >= 11 is 0. The molecule has 0 unspecified atom stereocenters. The highest BCUT2D eigenvalue weighted by atomic mass is 16.5. The van der Waals surface area contributed by atoms with E-state index in [0.29, 0.717) is 18.3 Å². The van der Waals surface area contributed by atoms with E-state index in [4.69, 9.17) is 9.47 Å². The fraction of sp³-hybridized carbons (Fsp3) is 0.677. The van der Waals surface area contributed by atoms with Crippen LogP contribution in [0.25, 0.3) is 5.76 Å². The van der Waals surface area contributed by atoms with Gasteiger partial charge >= 0.3 is 0 Å². The van der Waals surface area contributed by atoms with E-state index in [0.717, 1.165) is 61.5 Å². The van der Waals surface area contributed by atoms with Crippen molar-refractivity contribution in [1.82, 2.24) is 9.80 Å². The predicted molar refractivity (Wildman–Crippen MR) is 153 cm³/mol. The lowest BCUT2D eigenvalue weighted by molar-refractivity contribution is 0.00489. The van der Waals surface area contributed by atoms with Gasteiger partial charge < -0.3 is 19.3 Å². The largest absolute Gasteiger partial charge is 0.493 e. The molecular weight excluding hydrogens is 432 g/mol. The minimum Gasteiger partial charge on any atom is -0.493 e. The van der Waals surface area contributed by atoms with Gasteiger partial charge in [-0.25, -0.2) is 0 Å². The average Bonchev–Trinajstić information content (AvgIpc) is 2.77. The van der Waals surface area contributed by atoms with Crippen molar-refractivity contribution in [3.8, 4) is 5.75 Å². The highest BCUT2D eigenvalue weighted by Crippen LogP contribution is 2.36. The second-order valence-corrected chi connectivity index (χ2v) is 11.7. The summed E-state index contributed by atoms with van der Waals surface area (Å²) in [5.74, 6) is 3.11. The zero-order valence-corrected chi connectivity index (χ0v) is 24.6. The zero-order valence-electron chi connectivity index (χ0n) is 24.6. The Kier molecular flexibility index (Phi) is 12.6. The summed E-state index contributed by atoms with van der Waals surface area (Å²) in [5, 5.41) is 0. The standard InChI is InChI=1S/C31H54N2O2/c1-13-19-33(22-24(3)4)20-15-16-25(5)35-29-18-17-28(21-27(29)14-2)26(6)34-23-30(7,8)31(9,10)32(11)12/h17-18,21,24H,5-6,13-16,19-20,22-23H2,1-4,7-12H3. The number of ether oxygens (including phenoxy) is 2. The lowest BCUT2D eigenvalue weighted by Gasteiger charge is -2.46. The molecular formula is C31H54N2O2. The first-order chi connectivity index (χ1) is 16.2. The van der Waals surface area contributed by atoms with Crippen molar-refractivity contribution < 1.29 is 9.47 Å². The van der Waals surface area contributed by atoms with Crippen molar-refractivity contribution >= 4 is 5.76 Å². The Bertz CT molecular complexity index is 808. The van der Waals surface area contributed by atoms with Crippen molar-refractivity contribution in [2.75, 3.05) is 40.3 Å². The quantitative estimate of drug-likeness (QED) is 0.211. The molecule has 1 aromatic rings. The summed E-state index contributed by atoms with van der Waals surface area (Å²) in [7, 11) is 4.23. The molecule has 0 aliphatic rings. The van der Waals surface area contributed by atoms with Gasteiger partial charge in [0.25, 0.3) is 0 Å². The van der Waals surface area contributed by atoms with Crippen molar-refractivity contribution in [2.24, 2.45) is 11.3 Å². The number of nitrogens with zero attached hydrogens (tertiary/aromatic N) is 2. The predicted octanol–water partition coefficient (Wildman–Crippen LogP) is 7.64. The van der Waals surface area contributed by atoms with Gasteiger partial charge in [-0.2, -0.15) is 0 Å². The first-order valence-electron chi connectivity index (χ1n) is 13.5. The number of hydrogen-bond donors (Lipinski definition) is 0. The minimum absolute atomic E-state index is 0.0116. The van der Waals surface area contributed by atoms with Crippen LogP contribution in [0.3, 0.4) is 0 Å². The van der Waals surface area contributed by atoms with Crippen LogP contribution in [0.1, 0.15) is 85.8 Å². The van der Waals surface area contributed by atoms with Gasteiger partial charge in [-0.3, -0.25) is 0 Å². The van der Waals surface area contributed by atoms with Gasteiger partial charge in [0.05, 0.1) is 12.4 Å². The number of hydrogen-bond acceptors (Lipinski definition) is 4. The average molecular weight is 487 g/mol. The maximum atomic E-state index is 6.19. The van der Waals surface area contributed by atoms with Crippen LogP contribution < -0.4 is 4.74 Å². The van der Waals surface area contributed by atoms with Crippen molar-refractivity contribution in [1.29, 1.82) is 0 Å². The molecule has 0 atom stereocenters. The van der Waals surface area contributed by atoms with Crippen LogP contribution in [-0.2, 0) is 11.2 Å². The Hall–Kier alpha value is -1.78. The summed E-state index contributed by atoms with van der Waals surface area (Å²) < 4.78 is 12.4. The third-order valence-corrected chi connectivity index (χ3v) is 7.49. The summed E-state index contributed by atoms with van der Waals surface area (Å²) in [6, 6.07) is 6.21. The van der Waals surface area contributed by atoms with E-state index in [-0.39, 0.29) is 11.0 Å². The summed E-state index contributed by atoms with van der Waals surface area (Å²) in [5.41, 5.74) is 2.09. The molecule has 200 valence electrons. The second-order valence-electron chi connectivity index (χ2n) is 11.7. The first-order valence-corrected chi connectivity index (χ1v) is 13.5. The van der Waals surface area contributed by atoms with E-state index in [1.54, 1.807) is 0 Å². The molecule has 35 heavy (non-hydrogen) atoms. The number of rotatable bonds is 17. The summed E-state index contributed by atoms with van der Waals surface area (Å²) in [6.45, 7) is 30.3. The number of benzene rings is 1. The van der Waals surface area contributed by atoms with Crippen LogP contribution in [0.5, 0.6) is 5.75 Å². The van der Waals surface area contributed by atoms with Gasteiger partial charge in [-0.1, -0.05) is 54.7 Å². The second kappa shape index (κ2) is 14.1. The van der Waals surface area contributed by atoms with Gasteiger partial charge in [0.15, 0.2) is 0 Å². The molecule has 0 bridgehead atoms. The molecule has 0 radical (unpaired) electrons. The van der Waals surface area contributed by atoms with E-state index in [9.17, 15) is 0 Å². The highest BCUT2D eigenvalue weighted by molar-refractivity contribution is 5.60.